The first kappa shape index (κ1) is 20.3. The summed E-state index contributed by atoms with van der Waals surface area (Å²) in [4.78, 5) is 22.3. The molecule has 0 saturated heterocycles. The summed E-state index contributed by atoms with van der Waals surface area (Å²) >= 11 is 6.14. The van der Waals surface area contributed by atoms with Crippen LogP contribution in [0, 0.1) is 0 Å². The molecule has 1 amide bonds. The maximum atomic E-state index is 12.1. The lowest BCUT2D eigenvalue weighted by Crippen LogP contribution is -2.21. The predicted molar refractivity (Wildman–Crippen MR) is 124 cm³/mol. The summed E-state index contributed by atoms with van der Waals surface area (Å²) in [6, 6.07) is 14.4. The SMILES string of the molecule is CN(C)C(=O)c1ccc(-c2cnc(N)c(-c3nnc(Nc4ccccc4Cl)o3)n2)cc1.[HH].[HH].[HH]. The summed E-state index contributed by atoms with van der Waals surface area (Å²) in [5, 5.41) is 11.4. The van der Waals surface area contributed by atoms with Crippen LogP contribution in [0.2, 0.25) is 5.02 Å². The number of nitrogens with two attached hydrogens (primary N) is 1. The third kappa shape index (κ3) is 4.31. The predicted octanol–water partition coefficient (Wildman–Crippen LogP) is 4.61. The number of para-hydroxylation sites is 1. The first-order valence-corrected chi connectivity index (χ1v) is 9.60. The molecule has 4 rings (SSSR count). The summed E-state index contributed by atoms with van der Waals surface area (Å²) in [5.74, 6) is 0.178. The van der Waals surface area contributed by atoms with Gasteiger partial charge >= 0.3 is 6.01 Å². The number of carbonyl (C=O) groups is 1. The third-order valence-corrected chi connectivity index (χ3v) is 4.71. The van der Waals surface area contributed by atoms with Crippen LogP contribution in [-0.2, 0) is 0 Å². The number of nitrogen functional groups attached to an aromatic ring is 1. The molecule has 0 aliphatic rings. The molecule has 0 radical (unpaired) electrons. The topological polar surface area (TPSA) is 123 Å². The lowest BCUT2D eigenvalue weighted by molar-refractivity contribution is 0.0827. The van der Waals surface area contributed by atoms with Crippen molar-refractivity contribution < 1.29 is 13.5 Å². The maximum absolute atomic E-state index is 12.1. The Kier molecular flexibility index (Phi) is 5.50. The molecule has 0 fully saturated rings. The number of rotatable bonds is 5. The molecule has 0 aliphatic heterocycles. The lowest BCUT2D eigenvalue weighted by Gasteiger charge is -2.10. The number of hydrogen-bond donors (Lipinski definition) is 2. The number of benzene rings is 2. The zero-order valence-electron chi connectivity index (χ0n) is 16.7. The quantitative estimate of drug-likeness (QED) is 0.460. The van der Waals surface area contributed by atoms with Crippen LogP contribution in [0.1, 0.15) is 14.6 Å². The Morgan fingerprint density at radius 2 is 1.87 bits per heavy atom. The molecule has 0 aliphatic carbocycles. The molecule has 2 aromatic heterocycles. The number of hydrogen-bond acceptors (Lipinski definition) is 8. The number of nitrogens with one attached hydrogen (secondary N) is 1. The highest BCUT2D eigenvalue weighted by Crippen LogP contribution is 2.29. The number of anilines is 3. The average molecular weight is 442 g/mol. The van der Waals surface area contributed by atoms with Crippen LogP contribution in [0.25, 0.3) is 22.8 Å². The van der Waals surface area contributed by atoms with Gasteiger partial charge in [-0.15, -0.1) is 5.10 Å². The van der Waals surface area contributed by atoms with E-state index in [4.69, 9.17) is 21.8 Å². The van der Waals surface area contributed by atoms with Gasteiger partial charge in [0.05, 0.1) is 22.6 Å². The van der Waals surface area contributed by atoms with Gasteiger partial charge in [0.1, 0.15) is 0 Å². The molecule has 0 atom stereocenters. The minimum Gasteiger partial charge on any atom is -0.401 e. The standard InChI is InChI=1S/C21H18ClN7O2.3H2/c1-29(2)20(30)13-9-7-12(8-10-13)16-11-24-18(23)17(25-16)19-27-28-21(31-19)26-15-6-4-3-5-14(15)22;;;/h3-11H,1-2H3,(H2,23,24)(H,26,28);3*1H. The van der Waals surface area contributed by atoms with Gasteiger partial charge in [-0.05, 0) is 24.3 Å². The second kappa shape index (κ2) is 8.41. The van der Waals surface area contributed by atoms with Crippen molar-refractivity contribution in [1.82, 2.24) is 25.1 Å². The third-order valence-electron chi connectivity index (χ3n) is 4.38. The summed E-state index contributed by atoms with van der Waals surface area (Å²) in [6.45, 7) is 0. The summed E-state index contributed by atoms with van der Waals surface area (Å²) in [5.41, 5.74) is 8.75. The van der Waals surface area contributed by atoms with Crippen molar-refractivity contribution in [3.63, 3.8) is 0 Å². The molecule has 4 aromatic rings. The number of aromatic nitrogens is 4. The van der Waals surface area contributed by atoms with Crippen molar-refractivity contribution in [3.05, 3.63) is 65.3 Å². The smallest absolute Gasteiger partial charge is 0.320 e. The van der Waals surface area contributed by atoms with Gasteiger partial charge in [-0.3, -0.25) is 4.79 Å². The van der Waals surface area contributed by atoms with Gasteiger partial charge in [-0.1, -0.05) is 41.0 Å². The van der Waals surface area contributed by atoms with Crippen LogP contribution < -0.4 is 11.1 Å². The first-order chi connectivity index (χ1) is 14.9. The van der Waals surface area contributed by atoms with Crippen molar-refractivity contribution in [2.75, 3.05) is 25.1 Å². The van der Waals surface area contributed by atoms with Crippen LogP contribution in [0.15, 0.2) is 59.1 Å². The van der Waals surface area contributed by atoms with Crippen LogP contribution in [0.4, 0.5) is 17.5 Å². The Morgan fingerprint density at radius 1 is 1.13 bits per heavy atom. The normalized spacial score (nSPS) is 10.7. The fourth-order valence-corrected chi connectivity index (χ4v) is 2.97. The van der Waals surface area contributed by atoms with E-state index in [1.54, 1.807) is 56.7 Å². The largest absolute Gasteiger partial charge is 0.401 e. The molecule has 10 heteroatoms. The maximum Gasteiger partial charge on any atom is 0.320 e. The second-order valence-corrected chi connectivity index (χ2v) is 7.19. The molecule has 0 spiro atoms. The first-order valence-electron chi connectivity index (χ1n) is 9.22. The molecule has 2 aromatic carbocycles. The summed E-state index contributed by atoms with van der Waals surface area (Å²) in [7, 11) is 3.40. The zero-order chi connectivity index (χ0) is 22.0. The highest BCUT2D eigenvalue weighted by atomic mass is 35.5. The Bertz CT molecular complexity index is 1250. The van der Waals surface area contributed by atoms with Gasteiger partial charge in [0.25, 0.3) is 11.8 Å². The molecule has 162 valence electrons. The van der Waals surface area contributed by atoms with Crippen LogP contribution >= 0.6 is 11.6 Å². The van der Waals surface area contributed by atoms with Gasteiger partial charge in [0, 0.05) is 29.5 Å². The minimum absolute atomic E-state index is 0. The van der Waals surface area contributed by atoms with E-state index in [1.807, 2.05) is 12.1 Å². The highest BCUT2D eigenvalue weighted by molar-refractivity contribution is 6.33. The van der Waals surface area contributed by atoms with Gasteiger partial charge in [0.15, 0.2) is 11.5 Å². The van der Waals surface area contributed by atoms with E-state index in [2.05, 4.69) is 25.5 Å². The Balaban J connectivity index is 0.00000193. The van der Waals surface area contributed by atoms with Gasteiger partial charge < -0.3 is 20.4 Å². The van der Waals surface area contributed by atoms with E-state index in [0.717, 1.165) is 5.56 Å². The minimum atomic E-state index is -0.0833. The van der Waals surface area contributed by atoms with Crippen molar-refractivity contribution in [2.24, 2.45) is 0 Å². The van der Waals surface area contributed by atoms with E-state index in [-0.39, 0.29) is 33.6 Å². The van der Waals surface area contributed by atoms with E-state index >= 15 is 0 Å². The monoisotopic (exact) mass is 441 g/mol. The molecule has 31 heavy (non-hydrogen) atoms. The van der Waals surface area contributed by atoms with E-state index in [1.165, 1.54) is 4.90 Å². The van der Waals surface area contributed by atoms with Gasteiger partial charge in [0.2, 0.25) is 0 Å². The van der Waals surface area contributed by atoms with E-state index in [0.29, 0.717) is 22.0 Å². The van der Waals surface area contributed by atoms with E-state index in [9.17, 15) is 4.79 Å². The van der Waals surface area contributed by atoms with Crippen molar-refractivity contribution in [1.29, 1.82) is 0 Å². The number of amides is 1. The Hall–Kier alpha value is -3.98. The van der Waals surface area contributed by atoms with Crippen LogP contribution in [0.5, 0.6) is 0 Å². The van der Waals surface area contributed by atoms with Crippen LogP contribution in [-0.4, -0.2) is 45.1 Å². The molecule has 9 nitrogen and oxygen atoms in total. The van der Waals surface area contributed by atoms with Gasteiger partial charge in [-0.25, -0.2) is 9.97 Å². The summed E-state index contributed by atoms with van der Waals surface area (Å²) in [6.07, 6.45) is 1.54. The molecule has 2 heterocycles. The summed E-state index contributed by atoms with van der Waals surface area (Å²) < 4.78 is 5.65. The van der Waals surface area contributed by atoms with Crippen molar-refractivity contribution in [3.8, 4) is 22.8 Å². The second-order valence-electron chi connectivity index (χ2n) is 6.78. The van der Waals surface area contributed by atoms with Crippen molar-refractivity contribution >= 4 is 35.0 Å². The van der Waals surface area contributed by atoms with E-state index < -0.39 is 0 Å². The van der Waals surface area contributed by atoms with Crippen molar-refractivity contribution in [2.45, 2.75) is 0 Å². The molecule has 0 unspecified atom stereocenters. The molecule has 3 N–H and O–H groups in total. The fourth-order valence-electron chi connectivity index (χ4n) is 2.78. The van der Waals surface area contributed by atoms with Crippen LogP contribution in [0.3, 0.4) is 0 Å². The number of carbonyl (C=O) groups excluding carboxylic acids is 1. The molecule has 0 saturated carbocycles. The molecule has 0 bridgehead atoms. The molecular weight excluding hydrogens is 418 g/mol. The number of nitrogens with zero attached hydrogens (tertiary/aromatic N) is 5. The average Bonchev–Trinajstić information content (AvgIpc) is 3.23. The molecular formula is C21H24ClN7O2. The Labute approximate surface area is 187 Å². The zero-order valence-corrected chi connectivity index (χ0v) is 17.5. The lowest BCUT2D eigenvalue weighted by atomic mass is 10.1. The number of halogens is 1. The Morgan fingerprint density at radius 3 is 2.58 bits per heavy atom. The fraction of sp³-hybridized carbons (Fsp3) is 0.0952. The highest BCUT2D eigenvalue weighted by Gasteiger charge is 2.17. The van der Waals surface area contributed by atoms with Gasteiger partial charge in [-0.2, -0.15) is 0 Å².